The van der Waals surface area contributed by atoms with Crippen LogP contribution in [0.1, 0.15) is 45.3 Å². The van der Waals surface area contributed by atoms with Crippen molar-refractivity contribution in [2.24, 2.45) is 0 Å². The summed E-state index contributed by atoms with van der Waals surface area (Å²) in [5.41, 5.74) is 0. The summed E-state index contributed by atoms with van der Waals surface area (Å²) >= 11 is 1.41. The van der Waals surface area contributed by atoms with Crippen LogP contribution in [0.3, 0.4) is 0 Å². The smallest absolute Gasteiger partial charge is 0.236 e. The molecule has 0 aromatic carbocycles. The van der Waals surface area contributed by atoms with Crippen molar-refractivity contribution >= 4 is 17.7 Å². The molecule has 2 unspecified atom stereocenters. The van der Waals surface area contributed by atoms with Gasteiger partial charge < -0.3 is 9.32 Å². The highest BCUT2D eigenvalue weighted by Gasteiger charge is 2.30. The molecule has 24 heavy (non-hydrogen) atoms. The van der Waals surface area contributed by atoms with Crippen LogP contribution >= 0.6 is 11.8 Å². The number of amides is 1. The molecular formula is C16H23N5O2S. The Morgan fingerprint density at radius 1 is 1.50 bits per heavy atom. The van der Waals surface area contributed by atoms with Gasteiger partial charge in [-0.15, -0.1) is 5.10 Å². The van der Waals surface area contributed by atoms with Crippen molar-refractivity contribution in [3.63, 3.8) is 0 Å². The van der Waals surface area contributed by atoms with Gasteiger partial charge in [0.2, 0.25) is 11.1 Å². The number of thioether (sulfide) groups is 1. The fraction of sp³-hybridized carbons (Fsp3) is 0.625. The number of hydrogen-bond donors (Lipinski definition) is 0. The number of aromatic nitrogens is 4. The molecule has 7 nitrogen and oxygen atoms in total. The summed E-state index contributed by atoms with van der Waals surface area (Å²) in [5, 5.41) is 12.2. The highest BCUT2D eigenvalue weighted by molar-refractivity contribution is 8.00. The maximum Gasteiger partial charge on any atom is 0.236 e. The van der Waals surface area contributed by atoms with Crippen molar-refractivity contribution in [2.75, 3.05) is 6.54 Å². The van der Waals surface area contributed by atoms with E-state index in [2.05, 4.69) is 22.4 Å². The summed E-state index contributed by atoms with van der Waals surface area (Å²) in [6.07, 6.45) is 6.05. The Morgan fingerprint density at radius 2 is 2.38 bits per heavy atom. The molecule has 130 valence electrons. The zero-order chi connectivity index (χ0) is 16.9. The maximum atomic E-state index is 12.8. The third kappa shape index (κ3) is 3.80. The van der Waals surface area contributed by atoms with Crippen LogP contribution in [-0.4, -0.2) is 48.9 Å². The van der Waals surface area contributed by atoms with Crippen LogP contribution in [-0.2, 0) is 11.3 Å². The van der Waals surface area contributed by atoms with E-state index in [-0.39, 0.29) is 11.2 Å². The van der Waals surface area contributed by atoms with Crippen molar-refractivity contribution in [3.05, 3.63) is 24.2 Å². The molecule has 1 saturated heterocycles. The SMILES string of the molecule is CCC1CCCCN1C(=O)C(C)Sc1nnnn1Cc1ccco1. The lowest BCUT2D eigenvalue weighted by molar-refractivity contribution is -0.134. The molecule has 1 aliphatic rings. The highest BCUT2D eigenvalue weighted by Crippen LogP contribution is 2.26. The second-order valence-corrected chi connectivity index (χ2v) is 7.36. The molecule has 1 aliphatic heterocycles. The monoisotopic (exact) mass is 349 g/mol. The lowest BCUT2D eigenvalue weighted by Gasteiger charge is -2.36. The molecule has 0 N–H and O–H groups in total. The molecule has 1 amide bonds. The van der Waals surface area contributed by atoms with Gasteiger partial charge in [-0.3, -0.25) is 4.79 Å². The van der Waals surface area contributed by atoms with Crippen molar-refractivity contribution in [1.29, 1.82) is 0 Å². The van der Waals surface area contributed by atoms with Gasteiger partial charge in [0.1, 0.15) is 12.3 Å². The van der Waals surface area contributed by atoms with Gasteiger partial charge in [0.15, 0.2) is 0 Å². The number of furan rings is 1. The van der Waals surface area contributed by atoms with E-state index >= 15 is 0 Å². The lowest BCUT2D eigenvalue weighted by atomic mass is 10.00. The van der Waals surface area contributed by atoms with Crippen LogP contribution < -0.4 is 0 Å². The van der Waals surface area contributed by atoms with Gasteiger partial charge in [-0.05, 0) is 55.2 Å². The van der Waals surface area contributed by atoms with E-state index in [9.17, 15) is 4.79 Å². The van der Waals surface area contributed by atoms with E-state index in [0.29, 0.717) is 17.7 Å². The van der Waals surface area contributed by atoms with Crippen molar-refractivity contribution in [3.8, 4) is 0 Å². The fourth-order valence-corrected chi connectivity index (χ4v) is 3.95. The van der Waals surface area contributed by atoms with Crippen LogP contribution in [0.15, 0.2) is 28.0 Å². The molecular weight excluding hydrogens is 326 g/mol. The molecule has 0 bridgehead atoms. The molecule has 3 rings (SSSR count). The highest BCUT2D eigenvalue weighted by atomic mass is 32.2. The Kier molecular flexibility index (Phi) is 5.55. The Balaban J connectivity index is 1.65. The number of rotatable bonds is 6. The number of carbonyl (C=O) groups is 1. The second-order valence-electron chi connectivity index (χ2n) is 6.05. The molecule has 0 aliphatic carbocycles. The van der Waals surface area contributed by atoms with Crippen LogP contribution in [0.4, 0.5) is 0 Å². The summed E-state index contributed by atoms with van der Waals surface area (Å²) < 4.78 is 7.00. The van der Waals surface area contributed by atoms with E-state index in [1.54, 1.807) is 10.9 Å². The first-order chi connectivity index (χ1) is 11.7. The minimum absolute atomic E-state index is 0.180. The fourth-order valence-electron chi connectivity index (χ4n) is 3.09. The van der Waals surface area contributed by atoms with E-state index in [4.69, 9.17) is 4.42 Å². The average Bonchev–Trinajstić information content (AvgIpc) is 3.27. The minimum atomic E-state index is -0.210. The predicted octanol–water partition coefficient (Wildman–Crippen LogP) is 2.59. The lowest BCUT2D eigenvalue weighted by Crippen LogP contribution is -2.46. The zero-order valence-electron chi connectivity index (χ0n) is 14.1. The van der Waals surface area contributed by atoms with Gasteiger partial charge in [0, 0.05) is 12.6 Å². The molecule has 0 saturated carbocycles. The molecule has 0 radical (unpaired) electrons. The molecule has 1 fully saturated rings. The topological polar surface area (TPSA) is 77.1 Å². The first-order valence-corrected chi connectivity index (χ1v) is 9.32. The first-order valence-electron chi connectivity index (χ1n) is 8.44. The minimum Gasteiger partial charge on any atom is -0.467 e. The number of carbonyl (C=O) groups excluding carboxylic acids is 1. The number of hydrogen-bond acceptors (Lipinski definition) is 6. The summed E-state index contributed by atoms with van der Waals surface area (Å²) in [7, 11) is 0. The third-order valence-corrected chi connectivity index (χ3v) is 5.45. The van der Waals surface area contributed by atoms with Crippen LogP contribution in [0.5, 0.6) is 0 Å². The quantitative estimate of drug-likeness (QED) is 0.746. The Labute approximate surface area is 145 Å². The number of nitrogens with zero attached hydrogens (tertiary/aromatic N) is 5. The normalized spacial score (nSPS) is 19.4. The van der Waals surface area contributed by atoms with Crippen molar-refractivity contribution < 1.29 is 9.21 Å². The molecule has 2 atom stereocenters. The van der Waals surface area contributed by atoms with Crippen LogP contribution in [0, 0.1) is 0 Å². The predicted molar refractivity (Wildman–Crippen MR) is 90.6 cm³/mol. The van der Waals surface area contributed by atoms with Gasteiger partial charge in [-0.2, -0.15) is 0 Å². The molecule has 3 heterocycles. The second kappa shape index (κ2) is 7.83. The Morgan fingerprint density at radius 3 is 3.12 bits per heavy atom. The number of likely N-dealkylation sites (tertiary alicyclic amines) is 1. The summed E-state index contributed by atoms with van der Waals surface area (Å²) in [6, 6.07) is 4.08. The number of piperidine rings is 1. The van der Waals surface area contributed by atoms with Crippen molar-refractivity contribution in [2.45, 2.75) is 62.5 Å². The molecule has 0 spiro atoms. The van der Waals surface area contributed by atoms with E-state index in [0.717, 1.165) is 31.6 Å². The van der Waals surface area contributed by atoms with Gasteiger partial charge in [0.25, 0.3) is 0 Å². The number of tetrazole rings is 1. The summed E-state index contributed by atoms with van der Waals surface area (Å²) in [4.78, 5) is 14.9. The molecule has 2 aromatic heterocycles. The maximum absolute atomic E-state index is 12.8. The largest absolute Gasteiger partial charge is 0.467 e. The first kappa shape index (κ1) is 17.0. The Hall–Kier alpha value is -1.83. The van der Waals surface area contributed by atoms with E-state index in [1.165, 1.54) is 18.2 Å². The van der Waals surface area contributed by atoms with E-state index < -0.39 is 0 Å². The van der Waals surface area contributed by atoms with Crippen LogP contribution in [0.2, 0.25) is 0 Å². The average molecular weight is 349 g/mol. The van der Waals surface area contributed by atoms with Gasteiger partial charge in [-0.25, -0.2) is 4.68 Å². The zero-order valence-corrected chi connectivity index (χ0v) is 14.9. The van der Waals surface area contributed by atoms with Crippen LogP contribution in [0.25, 0.3) is 0 Å². The Bertz CT molecular complexity index is 657. The van der Waals surface area contributed by atoms with Gasteiger partial charge >= 0.3 is 0 Å². The van der Waals surface area contributed by atoms with E-state index in [1.807, 2.05) is 24.0 Å². The third-order valence-electron chi connectivity index (χ3n) is 4.40. The molecule has 8 heteroatoms. The summed E-state index contributed by atoms with van der Waals surface area (Å²) in [6.45, 7) is 5.41. The standard InChI is InChI=1S/C16H23N5O2S/c1-3-13-7-4-5-9-20(13)15(22)12(2)24-16-17-18-19-21(16)11-14-8-6-10-23-14/h6,8,10,12-13H,3-5,7,9,11H2,1-2H3. The van der Waals surface area contributed by atoms with Gasteiger partial charge in [-0.1, -0.05) is 18.7 Å². The molecule has 2 aromatic rings. The van der Waals surface area contributed by atoms with Gasteiger partial charge in [0.05, 0.1) is 11.5 Å². The van der Waals surface area contributed by atoms with Crippen molar-refractivity contribution in [1.82, 2.24) is 25.1 Å². The summed E-state index contributed by atoms with van der Waals surface area (Å²) in [5.74, 6) is 0.962.